The minimum atomic E-state index is -0.390. The molecule has 1 atom stereocenters. The Labute approximate surface area is 170 Å². The quantitative estimate of drug-likeness (QED) is 0.808. The van der Waals surface area contributed by atoms with Gasteiger partial charge in [0, 0.05) is 44.1 Å². The first-order valence-corrected chi connectivity index (χ1v) is 9.76. The smallest absolute Gasteiger partial charge is 0.409 e. The van der Waals surface area contributed by atoms with E-state index in [9.17, 15) is 19.8 Å². The summed E-state index contributed by atoms with van der Waals surface area (Å²) in [5.41, 5.74) is 1.39. The maximum absolute atomic E-state index is 13.0. The Bertz CT molecular complexity index is 862. The fraction of sp³-hybridized carbons (Fsp3) is 0.364. The summed E-state index contributed by atoms with van der Waals surface area (Å²) in [5.74, 6) is -0.233. The number of carbonyl (C=O) groups excluding carboxylic acids is 2. The summed E-state index contributed by atoms with van der Waals surface area (Å²) in [5, 5.41) is 20.2. The van der Waals surface area contributed by atoms with Gasteiger partial charge in [0.2, 0.25) is 5.91 Å². The first kappa shape index (κ1) is 20.5. The zero-order valence-electron chi connectivity index (χ0n) is 16.5. The van der Waals surface area contributed by atoms with Gasteiger partial charge >= 0.3 is 6.09 Å². The van der Waals surface area contributed by atoms with Crippen LogP contribution in [0.3, 0.4) is 0 Å². The monoisotopic (exact) mass is 398 g/mol. The second-order valence-electron chi connectivity index (χ2n) is 6.98. The van der Waals surface area contributed by atoms with Gasteiger partial charge in [0.25, 0.3) is 0 Å². The molecule has 0 saturated carbocycles. The Morgan fingerprint density at radius 2 is 1.69 bits per heavy atom. The number of amides is 2. The fourth-order valence-electron chi connectivity index (χ4n) is 3.59. The molecule has 0 radical (unpaired) electrons. The summed E-state index contributed by atoms with van der Waals surface area (Å²) < 4.78 is 5.01. The Balaban J connectivity index is 1.74. The van der Waals surface area contributed by atoms with Crippen LogP contribution in [0.25, 0.3) is 0 Å². The largest absolute Gasteiger partial charge is 0.508 e. The molecule has 1 aliphatic heterocycles. The number of hydrogen-bond acceptors (Lipinski definition) is 5. The number of rotatable bonds is 5. The van der Waals surface area contributed by atoms with Gasteiger partial charge in [-0.3, -0.25) is 4.79 Å². The van der Waals surface area contributed by atoms with Gasteiger partial charge in [0.15, 0.2) is 0 Å². The predicted molar refractivity (Wildman–Crippen MR) is 108 cm³/mol. The van der Waals surface area contributed by atoms with E-state index in [1.807, 2.05) is 12.1 Å². The van der Waals surface area contributed by atoms with Crippen LogP contribution in [0.2, 0.25) is 0 Å². The third-order valence-corrected chi connectivity index (χ3v) is 5.12. The molecule has 0 aliphatic carbocycles. The minimum absolute atomic E-state index is 0.0647. The number of nitrogens with zero attached hydrogens (tertiary/aromatic N) is 2. The lowest BCUT2D eigenvalue weighted by atomic mass is 9.87. The van der Waals surface area contributed by atoms with Crippen molar-refractivity contribution in [3.63, 3.8) is 0 Å². The third-order valence-electron chi connectivity index (χ3n) is 5.12. The summed E-state index contributed by atoms with van der Waals surface area (Å²) in [7, 11) is 0. The minimum Gasteiger partial charge on any atom is -0.508 e. The molecule has 29 heavy (non-hydrogen) atoms. The van der Waals surface area contributed by atoms with Gasteiger partial charge < -0.3 is 24.7 Å². The van der Waals surface area contributed by atoms with Crippen LogP contribution in [0.1, 0.15) is 30.4 Å². The molecule has 2 N–H and O–H groups in total. The molecule has 2 amide bonds. The molecule has 1 heterocycles. The van der Waals surface area contributed by atoms with Gasteiger partial charge in [-0.05, 0) is 30.7 Å². The summed E-state index contributed by atoms with van der Waals surface area (Å²) in [6.07, 6.45) is -0.202. The molecule has 1 fully saturated rings. The lowest BCUT2D eigenvalue weighted by molar-refractivity contribution is -0.133. The summed E-state index contributed by atoms with van der Waals surface area (Å²) in [6.45, 7) is 3.81. The van der Waals surface area contributed by atoms with Crippen LogP contribution < -0.4 is 0 Å². The van der Waals surface area contributed by atoms with Gasteiger partial charge in [-0.2, -0.15) is 0 Å². The lowest BCUT2D eigenvalue weighted by Crippen LogP contribution is -2.50. The lowest BCUT2D eigenvalue weighted by Gasteiger charge is -2.35. The highest BCUT2D eigenvalue weighted by Crippen LogP contribution is 2.35. The number of benzene rings is 2. The highest BCUT2D eigenvalue weighted by atomic mass is 16.6. The van der Waals surface area contributed by atoms with Crippen molar-refractivity contribution in [2.75, 3.05) is 32.8 Å². The molecular weight excluding hydrogens is 372 g/mol. The Morgan fingerprint density at radius 3 is 2.34 bits per heavy atom. The maximum Gasteiger partial charge on any atom is 0.409 e. The average Bonchev–Trinajstić information content (AvgIpc) is 2.73. The predicted octanol–water partition coefficient (Wildman–Crippen LogP) is 2.92. The molecule has 2 aromatic rings. The zero-order valence-corrected chi connectivity index (χ0v) is 16.5. The molecule has 1 saturated heterocycles. The molecule has 0 spiro atoms. The molecule has 1 unspecified atom stereocenters. The van der Waals surface area contributed by atoms with E-state index in [1.54, 1.807) is 53.1 Å². The molecule has 154 valence electrons. The van der Waals surface area contributed by atoms with Crippen molar-refractivity contribution < 1.29 is 24.5 Å². The summed E-state index contributed by atoms with van der Waals surface area (Å²) in [6, 6.07) is 13.7. The number of hydrogen-bond donors (Lipinski definition) is 2. The Hall–Kier alpha value is -3.22. The number of phenols is 2. The normalized spacial score (nSPS) is 15.1. The number of carbonyl (C=O) groups is 2. The summed E-state index contributed by atoms with van der Waals surface area (Å²) in [4.78, 5) is 28.2. The molecule has 7 nitrogen and oxygen atoms in total. The topological polar surface area (TPSA) is 90.3 Å². The second kappa shape index (κ2) is 9.32. The van der Waals surface area contributed by atoms with Crippen molar-refractivity contribution in [1.29, 1.82) is 0 Å². The van der Waals surface area contributed by atoms with E-state index in [0.29, 0.717) is 38.3 Å². The Kier molecular flexibility index (Phi) is 6.59. The average molecular weight is 398 g/mol. The molecule has 7 heteroatoms. The fourth-order valence-corrected chi connectivity index (χ4v) is 3.59. The number of phenolic OH excluding ortho intramolecular Hbond substituents is 2. The molecule has 0 aromatic heterocycles. The van der Waals surface area contributed by atoms with Gasteiger partial charge in [-0.1, -0.05) is 30.3 Å². The number of para-hydroxylation sites is 1. The maximum atomic E-state index is 13.0. The molecule has 0 bridgehead atoms. The van der Waals surface area contributed by atoms with Gasteiger partial charge in [-0.15, -0.1) is 0 Å². The van der Waals surface area contributed by atoms with E-state index in [-0.39, 0.29) is 35.8 Å². The number of aromatic hydroxyl groups is 2. The van der Waals surface area contributed by atoms with Crippen LogP contribution in [0.15, 0.2) is 48.5 Å². The first-order valence-electron chi connectivity index (χ1n) is 9.76. The van der Waals surface area contributed by atoms with Crippen molar-refractivity contribution in [2.24, 2.45) is 0 Å². The highest BCUT2D eigenvalue weighted by Gasteiger charge is 2.28. The SMILES string of the molecule is CCOC(=O)N1CCN(C(=O)CC(c2cccc(O)c2)c2ccccc2O)CC1. The van der Waals surface area contributed by atoms with Crippen molar-refractivity contribution in [2.45, 2.75) is 19.3 Å². The van der Waals surface area contributed by atoms with Crippen molar-refractivity contribution in [3.05, 3.63) is 59.7 Å². The van der Waals surface area contributed by atoms with Crippen LogP contribution in [-0.2, 0) is 9.53 Å². The zero-order chi connectivity index (χ0) is 20.8. The van der Waals surface area contributed by atoms with Crippen molar-refractivity contribution in [3.8, 4) is 11.5 Å². The number of piperazine rings is 1. The second-order valence-corrected chi connectivity index (χ2v) is 6.98. The van der Waals surface area contributed by atoms with E-state index in [2.05, 4.69) is 0 Å². The van der Waals surface area contributed by atoms with Gasteiger partial charge in [0.1, 0.15) is 11.5 Å². The first-order chi connectivity index (χ1) is 14.0. The van der Waals surface area contributed by atoms with Crippen LogP contribution in [0.5, 0.6) is 11.5 Å². The van der Waals surface area contributed by atoms with E-state index in [4.69, 9.17) is 4.74 Å². The van der Waals surface area contributed by atoms with E-state index >= 15 is 0 Å². The van der Waals surface area contributed by atoms with Crippen molar-refractivity contribution in [1.82, 2.24) is 9.80 Å². The molecule has 2 aromatic carbocycles. The third kappa shape index (κ3) is 4.99. The van der Waals surface area contributed by atoms with Crippen LogP contribution in [0.4, 0.5) is 4.79 Å². The van der Waals surface area contributed by atoms with Crippen LogP contribution >= 0.6 is 0 Å². The number of ether oxygens (including phenoxy) is 1. The standard InChI is InChI=1S/C22H26N2O5/c1-2-29-22(28)24-12-10-23(11-13-24)21(27)15-19(16-6-5-7-17(25)14-16)18-8-3-4-9-20(18)26/h3-9,14,19,25-26H,2,10-13,15H2,1H3. The summed E-state index contributed by atoms with van der Waals surface area (Å²) >= 11 is 0. The molecule has 1 aliphatic rings. The van der Waals surface area contributed by atoms with Crippen molar-refractivity contribution >= 4 is 12.0 Å². The highest BCUT2D eigenvalue weighted by molar-refractivity contribution is 5.78. The van der Waals surface area contributed by atoms with E-state index in [0.717, 1.165) is 5.56 Å². The van der Waals surface area contributed by atoms with Crippen LogP contribution in [0, 0.1) is 0 Å². The molecular formula is C22H26N2O5. The Morgan fingerprint density at radius 1 is 1.00 bits per heavy atom. The van der Waals surface area contributed by atoms with E-state index < -0.39 is 0 Å². The molecule has 3 rings (SSSR count). The van der Waals surface area contributed by atoms with E-state index in [1.165, 1.54) is 0 Å². The van der Waals surface area contributed by atoms with Gasteiger partial charge in [0.05, 0.1) is 6.61 Å². The van der Waals surface area contributed by atoms with Crippen LogP contribution in [-0.4, -0.2) is 64.8 Å². The van der Waals surface area contributed by atoms with Gasteiger partial charge in [-0.25, -0.2) is 4.79 Å².